The molecule has 0 aliphatic rings. The van der Waals surface area contributed by atoms with Crippen molar-refractivity contribution in [3.05, 3.63) is 97.1 Å². The standard InChI is InChI=1S/C21H19N5/c1-2-13-21(16-9-5-3-6-10-16,17-11-7-4-8-12-17)26-15-25-18-19(22)23-14-24-20(18)26/h2-12,14-15H,1,13H2,(H2,22,23,24). The van der Waals surface area contributed by atoms with Crippen molar-refractivity contribution in [2.75, 3.05) is 5.73 Å². The fourth-order valence-electron chi connectivity index (χ4n) is 3.55. The second-order valence-corrected chi connectivity index (χ2v) is 6.13. The van der Waals surface area contributed by atoms with Gasteiger partial charge in [-0.25, -0.2) is 15.0 Å². The minimum atomic E-state index is -0.528. The fraction of sp³-hybridized carbons (Fsp3) is 0.0952. The van der Waals surface area contributed by atoms with Gasteiger partial charge in [0.2, 0.25) is 0 Å². The lowest BCUT2D eigenvalue weighted by atomic mass is 9.79. The number of fused-ring (bicyclic) bond motifs is 1. The molecule has 0 fully saturated rings. The summed E-state index contributed by atoms with van der Waals surface area (Å²) in [6, 6.07) is 20.7. The van der Waals surface area contributed by atoms with Gasteiger partial charge in [-0.05, 0) is 17.5 Å². The first-order valence-electron chi connectivity index (χ1n) is 8.43. The summed E-state index contributed by atoms with van der Waals surface area (Å²) in [5.74, 6) is 0.377. The largest absolute Gasteiger partial charge is 0.382 e. The van der Waals surface area contributed by atoms with Gasteiger partial charge in [-0.15, -0.1) is 6.58 Å². The molecule has 4 rings (SSSR count). The highest BCUT2D eigenvalue weighted by Gasteiger charge is 2.36. The number of aromatic nitrogens is 4. The van der Waals surface area contributed by atoms with Crippen LogP contribution >= 0.6 is 0 Å². The number of hydrogen-bond acceptors (Lipinski definition) is 4. The van der Waals surface area contributed by atoms with Crippen LogP contribution in [0.3, 0.4) is 0 Å². The smallest absolute Gasteiger partial charge is 0.166 e. The number of benzene rings is 2. The monoisotopic (exact) mass is 341 g/mol. The summed E-state index contributed by atoms with van der Waals surface area (Å²) in [7, 11) is 0. The van der Waals surface area contributed by atoms with Gasteiger partial charge in [-0.1, -0.05) is 66.7 Å². The Kier molecular flexibility index (Phi) is 3.97. The molecule has 4 aromatic rings. The Hall–Kier alpha value is -3.47. The van der Waals surface area contributed by atoms with Crippen LogP contribution in [0.2, 0.25) is 0 Å². The van der Waals surface area contributed by atoms with Crippen LogP contribution < -0.4 is 5.73 Å². The summed E-state index contributed by atoms with van der Waals surface area (Å²) >= 11 is 0. The summed E-state index contributed by atoms with van der Waals surface area (Å²) in [6.07, 6.45) is 5.87. The molecule has 2 aromatic carbocycles. The number of allylic oxidation sites excluding steroid dienone is 1. The molecular formula is C21H19N5. The number of hydrogen-bond donors (Lipinski definition) is 1. The second-order valence-electron chi connectivity index (χ2n) is 6.13. The van der Waals surface area contributed by atoms with Gasteiger partial charge in [0.05, 0.1) is 6.33 Å². The van der Waals surface area contributed by atoms with E-state index in [1.54, 1.807) is 6.33 Å². The molecular weight excluding hydrogens is 322 g/mol. The molecule has 0 radical (unpaired) electrons. The fourth-order valence-corrected chi connectivity index (χ4v) is 3.55. The van der Waals surface area contributed by atoms with Crippen LogP contribution in [-0.2, 0) is 5.54 Å². The van der Waals surface area contributed by atoms with Crippen molar-refractivity contribution in [3.8, 4) is 0 Å². The second kappa shape index (κ2) is 6.44. The molecule has 2 heterocycles. The van der Waals surface area contributed by atoms with E-state index in [-0.39, 0.29) is 0 Å². The van der Waals surface area contributed by atoms with Crippen molar-refractivity contribution in [1.29, 1.82) is 0 Å². The van der Waals surface area contributed by atoms with E-state index >= 15 is 0 Å². The third kappa shape index (κ3) is 2.37. The maximum atomic E-state index is 6.02. The summed E-state index contributed by atoms with van der Waals surface area (Å²) in [5, 5.41) is 0. The molecule has 5 heteroatoms. The van der Waals surface area contributed by atoms with Crippen LogP contribution in [0.25, 0.3) is 11.2 Å². The van der Waals surface area contributed by atoms with Crippen LogP contribution in [-0.4, -0.2) is 19.5 Å². The first kappa shape index (κ1) is 16.0. The van der Waals surface area contributed by atoms with Gasteiger partial charge >= 0.3 is 0 Å². The summed E-state index contributed by atoms with van der Waals surface area (Å²) in [5.41, 5.74) is 9.05. The van der Waals surface area contributed by atoms with E-state index in [9.17, 15) is 0 Å². The predicted octanol–water partition coefficient (Wildman–Crippen LogP) is 3.78. The molecule has 2 N–H and O–H groups in total. The summed E-state index contributed by atoms with van der Waals surface area (Å²) in [4.78, 5) is 13.0. The van der Waals surface area contributed by atoms with E-state index < -0.39 is 5.54 Å². The van der Waals surface area contributed by atoms with Crippen molar-refractivity contribution in [1.82, 2.24) is 19.5 Å². The lowest BCUT2D eigenvalue weighted by Crippen LogP contribution is -2.35. The van der Waals surface area contributed by atoms with E-state index in [2.05, 4.69) is 50.4 Å². The quantitative estimate of drug-likeness (QED) is 0.561. The zero-order valence-electron chi connectivity index (χ0n) is 14.3. The van der Waals surface area contributed by atoms with Crippen LogP contribution in [0.5, 0.6) is 0 Å². The van der Waals surface area contributed by atoms with E-state index in [1.807, 2.05) is 42.5 Å². The van der Waals surface area contributed by atoms with Crippen molar-refractivity contribution < 1.29 is 0 Å². The number of imidazole rings is 1. The Bertz CT molecular complexity index is 998. The highest BCUT2D eigenvalue weighted by molar-refractivity contribution is 5.81. The third-order valence-corrected chi connectivity index (χ3v) is 4.72. The van der Waals surface area contributed by atoms with Crippen LogP contribution in [0.15, 0.2) is 86.0 Å². The molecule has 0 saturated heterocycles. The SMILES string of the molecule is C=CCC(c1ccccc1)(c1ccccc1)n1cnc2c(N)ncnc21. The third-order valence-electron chi connectivity index (χ3n) is 4.72. The zero-order valence-corrected chi connectivity index (χ0v) is 14.3. The molecule has 0 aliphatic carbocycles. The van der Waals surface area contributed by atoms with Gasteiger partial charge in [0.15, 0.2) is 11.5 Å². The van der Waals surface area contributed by atoms with Gasteiger partial charge < -0.3 is 10.3 Å². The Morgan fingerprint density at radius 2 is 1.54 bits per heavy atom. The molecule has 0 saturated carbocycles. The topological polar surface area (TPSA) is 69.6 Å². The molecule has 2 aromatic heterocycles. The molecule has 26 heavy (non-hydrogen) atoms. The maximum absolute atomic E-state index is 6.02. The Labute approximate surface area is 151 Å². The zero-order chi connectivity index (χ0) is 18.0. The molecule has 0 bridgehead atoms. The highest BCUT2D eigenvalue weighted by atomic mass is 15.2. The molecule has 0 spiro atoms. The van der Waals surface area contributed by atoms with Crippen molar-refractivity contribution in [3.63, 3.8) is 0 Å². The summed E-state index contributed by atoms with van der Waals surface area (Å²) < 4.78 is 2.08. The molecule has 0 unspecified atom stereocenters. The van der Waals surface area contributed by atoms with E-state index in [4.69, 9.17) is 5.73 Å². The van der Waals surface area contributed by atoms with Crippen LogP contribution in [0, 0.1) is 0 Å². The van der Waals surface area contributed by atoms with Crippen LogP contribution in [0.4, 0.5) is 5.82 Å². The number of nitrogens with zero attached hydrogens (tertiary/aromatic N) is 4. The Morgan fingerprint density at radius 1 is 0.923 bits per heavy atom. The average Bonchev–Trinajstić information content (AvgIpc) is 3.13. The number of rotatable bonds is 5. The number of anilines is 1. The van der Waals surface area contributed by atoms with Crippen molar-refractivity contribution in [2.24, 2.45) is 0 Å². The lowest BCUT2D eigenvalue weighted by Gasteiger charge is -2.36. The van der Waals surface area contributed by atoms with Crippen molar-refractivity contribution >= 4 is 17.0 Å². The first-order valence-corrected chi connectivity index (χ1v) is 8.43. The maximum Gasteiger partial charge on any atom is 0.166 e. The molecule has 5 nitrogen and oxygen atoms in total. The lowest BCUT2D eigenvalue weighted by molar-refractivity contribution is 0.444. The van der Waals surface area contributed by atoms with Gasteiger partial charge in [0, 0.05) is 0 Å². The highest BCUT2D eigenvalue weighted by Crippen LogP contribution is 2.39. The first-order chi connectivity index (χ1) is 12.8. The van der Waals surface area contributed by atoms with E-state index in [0.29, 0.717) is 23.4 Å². The minimum Gasteiger partial charge on any atom is -0.382 e. The van der Waals surface area contributed by atoms with Gasteiger partial charge in [0.1, 0.15) is 17.4 Å². The Morgan fingerprint density at radius 3 is 2.12 bits per heavy atom. The summed E-state index contributed by atoms with van der Waals surface area (Å²) in [6.45, 7) is 4.01. The van der Waals surface area contributed by atoms with Gasteiger partial charge in [-0.2, -0.15) is 0 Å². The van der Waals surface area contributed by atoms with E-state index in [0.717, 1.165) is 11.1 Å². The minimum absolute atomic E-state index is 0.377. The Balaban J connectivity index is 2.11. The average molecular weight is 341 g/mol. The molecule has 0 aliphatic heterocycles. The predicted molar refractivity (Wildman–Crippen MR) is 104 cm³/mol. The number of nitrogens with two attached hydrogens (primary N) is 1. The normalized spacial score (nSPS) is 11.5. The molecule has 0 atom stereocenters. The van der Waals surface area contributed by atoms with Crippen molar-refractivity contribution in [2.45, 2.75) is 12.0 Å². The molecule has 128 valence electrons. The number of nitrogen functional groups attached to an aromatic ring is 1. The van der Waals surface area contributed by atoms with Gasteiger partial charge in [0.25, 0.3) is 0 Å². The van der Waals surface area contributed by atoms with Crippen LogP contribution in [0.1, 0.15) is 17.5 Å². The van der Waals surface area contributed by atoms with E-state index in [1.165, 1.54) is 6.33 Å². The molecule has 0 amide bonds. The van der Waals surface area contributed by atoms with Gasteiger partial charge in [-0.3, -0.25) is 0 Å².